The summed E-state index contributed by atoms with van der Waals surface area (Å²) in [6.45, 7) is 0.131. The van der Waals surface area contributed by atoms with Crippen LogP contribution in [0.25, 0.3) is 0 Å². The van der Waals surface area contributed by atoms with Crippen molar-refractivity contribution >= 4 is 16.6 Å². The van der Waals surface area contributed by atoms with E-state index in [1.807, 2.05) is 0 Å². The van der Waals surface area contributed by atoms with Crippen molar-refractivity contribution in [2.24, 2.45) is 4.99 Å². The van der Waals surface area contributed by atoms with E-state index in [0.29, 0.717) is 5.56 Å². The van der Waals surface area contributed by atoms with Gasteiger partial charge in [-0.2, -0.15) is 8.42 Å². The fourth-order valence-corrected chi connectivity index (χ4v) is 1.23. The van der Waals surface area contributed by atoms with Crippen LogP contribution in [-0.4, -0.2) is 14.5 Å². The molecule has 0 atom stereocenters. The first-order valence-electron chi connectivity index (χ1n) is 3.78. The number of benzene rings is 1. The second kappa shape index (κ2) is 4.68. The molecule has 7 heteroatoms. The lowest BCUT2D eigenvalue weighted by atomic mass is 10.2. The summed E-state index contributed by atoms with van der Waals surface area (Å²) in [7, 11) is -4.99. The van der Waals surface area contributed by atoms with Crippen LogP contribution in [0.4, 0.5) is 3.89 Å². The van der Waals surface area contributed by atoms with Crippen LogP contribution in [0.5, 0.6) is 5.75 Å². The molecule has 0 amide bonds. The highest BCUT2D eigenvalue weighted by Crippen LogP contribution is 2.15. The fourth-order valence-electron chi connectivity index (χ4n) is 0.889. The van der Waals surface area contributed by atoms with E-state index in [1.165, 1.54) is 30.3 Å². The molecule has 0 spiro atoms. The maximum atomic E-state index is 12.1. The average molecular weight is 231 g/mol. The molecule has 0 bridgehead atoms. The molecule has 5 nitrogen and oxygen atoms in total. The number of hydrogen-bond donors (Lipinski definition) is 0. The summed E-state index contributed by atoms with van der Waals surface area (Å²) < 4.78 is 36.2. The number of carbonyl (C=O) groups excluding carboxylic acids is 1. The first kappa shape index (κ1) is 11.4. The third-order valence-corrected chi connectivity index (χ3v) is 1.84. The van der Waals surface area contributed by atoms with E-state index in [9.17, 15) is 17.1 Å². The standard InChI is InChI=1S/C8H6FNO4S/c9-15(12,13)14-8-3-1-7(2-4-8)5-10-6-11/h1-4H,5H2. The molecule has 15 heavy (non-hydrogen) atoms. The number of hydrogen-bond acceptors (Lipinski definition) is 5. The van der Waals surface area contributed by atoms with E-state index in [4.69, 9.17) is 0 Å². The van der Waals surface area contributed by atoms with Crippen LogP contribution in [0.1, 0.15) is 5.56 Å². The average Bonchev–Trinajstić information content (AvgIpc) is 2.14. The van der Waals surface area contributed by atoms with Gasteiger partial charge in [-0.25, -0.2) is 9.79 Å². The van der Waals surface area contributed by atoms with Crippen molar-refractivity contribution < 1.29 is 21.3 Å². The van der Waals surface area contributed by atoms with Gasteiger partial charge >= 0.3 is 10.5 Å². The molecule has 0 fully saturated rings. The molecule has 0 radical (unpaired) electrons. The van der Waals surface area contributed by atoms with Crippen molar-refractivity contribution in [3.8, 4) is 5.75 Å². The molecular formula is C8H6FNO4S. The van der Waals surface area contributed by atoms with Crippen molar-refractivity contribution in [1.82, 2.24) is 0 Å². The zero-order valence-corrected chi connectivity index (χ0v) is 8.20. The maximum Gasteiger partial charge on any atom is 0.488 e. The Balaban J connectivity index is 2.76. The third-order valence-electron chi connectivity index (χ3n) is 1.45. The number of rotatable bonds is 4. The van der Waals surface area contributed by atoms with Crippen molar-refractivity contribution in [1.29, 1.82) is 0 Å². The molecule has 0 aromatic heterocycles. The lowest BCUT2D eigenvalue weighted by molar-refractivity contribution is 0.440. The van der Waals surface area contributed by atoms with Crippen molar-refractivity contribution in [2.45, 2.75) is 6.54 Å². The summed E-state index contributed by atoms with van der Waals surface area (Å²) in [4.78, 5) is 13.1. The molecule has 0 N–H and O–H groups in total. The summed E-state index contributed by atoms with van der Waals surface area (Å²) in [6, 6.07) is 5.43. The Bertz CT molecular complexity index is 476. The molecule has 0 aliphatic carbocycles. The Morgan fingerprint density at radius 2 is 1.93 bits per heavy atom. The van der Waals surface area contributed by atoms with Crippen LogP contribution in [0.2, 0.25) is 0 Å². The van der Waals surface area contributed by atoms with E-state index in [0.717, 1.165) is 0 Å². The summed E-state index contributed by atoms with van der Waals surface area (Å²) in [6.07, 6.45) is 1.36. The van der Waals surface area contributed by atoms with Crippen LogP contribution in [0, 0.1) is 0 Å². The van der Waals surface area contributed by atoms with Crippen molar-refractivity contribution in [2.75, 3.05) is 0 Å². The molecule has 0 saturated heterocycles. The van der Waals surface area contributed by atoms with Gasteiger partial charge in [-0.3, -0.25) is 0 Å². The van der Waals surface area contributed by atoms with E-state index >= 15 is 0 Å². The molecule has 0 aliphatic heterocycles. The van der Waals surface area contributed by atoms with Gasteiger partial charge in [0.05, 0.1) is 6.54 Å². The number of halogens is 1. The largest absolute Gasteiger partial charge is 0.488 e. The molecule has 80 valence electrons. The van der Waals surface area contributed by atoms with Crippen molar-refractivity contribution in [3.05, 3.63) is 29.8 Å². The number of nitrogens with zero attached hydrogens (tertiary/aromatic N) is 1. The Morgan fingerprint density at radius 3 is 2.40 bits per heavy atom. The quantitative estimate of drug-likeness (QED) is 0.442. The highest BCUT2D eigenvalue weighted by atomic mass is 32.3. The van der Waals surface area contributed by atoms with Gasteiger partial charge in [-0.1, -0.05) is 16.0 Å². The molecule has 1 rings (SSSR count). The van der Waals surface area contributed by atoms with E-state index in [1.54, 1.807) is 0 Å². The van der Waals surface area contributed by atoms with Gasteiger partial charge in [0.2, 0.25) is 6.08 Å². The summed E-state index contributed by atoms with van der Waals surface area (Å²) in [5, 5.41) is 0. The molecule has 1 aromatic rings. The summed E-state index contributed by atoms with van der Waals surface area (Å²) in [5.74, 6) is -0.142. The number of aliphatic imine (C=N–C) groups is 1. The molecular weight excluding hydrogens is 225 g/mol. The lowest BCUT2D eigenvalue weighted by Gasteiger charge is -2.00. The Kier molecular flexibility index (Phi) is 3.54. The van der Waals surface area contributed by atoms with Gasteiger partial charge in [-0.05, 0) is 17.7 Å². The smallest absolute Gasteiger partial charge is 0.358 e. The highest BCUT2D eigenvalue weighted by Gasteiger charge is 2.08. The fraction of sp³-hybridized carbons (Fsp3) is 0.125. The second-order valence-corrected chi connectivity index (χ2v) is 3.48. The molecule has 0 saturated carbocycles. The van der Waals surface area contributed by atoms with Gasteiger partial charge in [0.1, 0.15) is 5.75 Å². The van der Waals surface area contributed by atoms with Gasteiger partial charge in [-0.15, -0.1) is 0 Å². The van der Waals surface area contributed by atoms with Gasteiger partial charge in [0.25, 0.3) is 0 Å². The Hall–Kier alpha value is -1.72. The maximum absolute atomic E-state index is 12.1. The Labute approximate surface area is 85.6 Å². The van der Waals surface area contributed by atoms with Gasteiger partial charge in [0.15, 0.2) is 0 Å². The monoisotopic (exact) mass is 231 g/mol. The predicted molar refractivity (Wildman–Crippen MR) is 48.9 cm³/mol. The third kappa shape index (κ3) is 4.35. The highest BCUT2D eigenvalue weighted by molar-refractivity contribution is 7.81. The normalized spacial score (nSPS) is 10.5. The van der Waals surface area contributed by atoms with Gasteiger partial charge < -0.3 is 4.18 Å². The van der Waals surface area contributed by atoms with Crippen LogP contribution in [0.3, 0.4) is 0 Å². The molecule has 0 heterocycles. The topological polar surface area (TPSA) is 72.8 Å². The first-order valence-corrected chi connectivity index (χ1v) is 5.09. The van der Waals surface area contributed by atoms with Crippen LogP contribution >= 0.6 is 0 Å². The minimum atomic E-state index is -4.99. The number of isocyanates is 1. The van der Waals surface area contributed by atoms with Gasteiger partial charge in [0, 0.05) is 0 Å². The summed E-state index contributed by atoms with van der Waals surface area (Å²) >= 11 is 0. The van der Waals surface area contributed by atoms with Crippen molar-refractivity contribution in [3.63, 3.8) is 0 Å². The van der Waals surface area contributed by atoms with E-state index in [2.05, 4.69) is 9.18 Å². The lowest BCUT2D eigenvalue weighted by Crippen LogP contribution is -2.00. The second-order valence-electron chi connectivity index (χ2n) is 2.53. The van der Waals surface area contributed by atoms with Crippen LogP contribution in [-0.2, 0) is 21.8 Å². The van der Waals surface area contributed by atoms with Crippen LogP contribution < -0.4 is 4.18 Å². The SMILES string of the molecule is O=C=NCc1ccc(OS(=O)(=O)F)cc1. The Morgan fingerprint density at radius 1 is 1.33 bits per heavy atom. The minimum Gasteiger partial charge on any atom is -0.358 e. The predicted octanol–water partition coefficient (Wildman–Crippen LogP) is 1.12. The summed E-state index contributed by atoms with van der Waals surface area (Å²) in [5.41, 5.74) is 0.655. The van der Waals surface area contributed by atoms with Crippen LogP contribution in [0.15, 0.2) is 29.3 Å². The zero-order valence-electron chi connectivity index (χ0n) is 7.38. The molecule has 0 aliphatic rings. The molecule has 0 unspecified atom stereocenters. The van der Waals surface area contributed by atoms with E-state index in [-0.39, 0.29) is 12.3 Å². The molecule has 1 aromatic carbocycles. The zero-order chi connectivity index (χ0) is 11.3. The minimum absolute atomic E-state index is 0.131. The first-order chi connectivity index (χ1) is 7.01. The van der Waals surface area contributed by atoms with E-state index < -0.39 is 10.5 Å².